The molecule has 0 bridgehead atoms. The molecule has 2 aromatic carbocycles. The minimum absolute atomic E-state index is 0. The van der Waals surface area contributed by atoms with Crippen molar-refractivity contribution in [1.82, 2.24) is 0 Å². The van der Waals surface area contributed by atoms with Crippen LogP contribution in [0.4, 0.5) is 0 Å². The van der Waals surface area contributed by atoms with Crippen molar-refractivity contribution in [3.63, 3.8) is 0 Å². The maximum Gasteiger partial charge on any atom is 0.0424 e. The van der Waals surface area contributed by atoms with Crippen LogP contribution in [0.15, 0.2) is 102 Å². The van der Waals surface area contributed by atoms with Crippen molar-refractivity contribution in [2.75, 3.05) is 20.0 Å². The third-order valence-electron chi connectivity index (χ3n) is 3.79. The molecule has 0 saturated heterocycles. The molecule has 1 aliphatic rings. The Morgan fingerprint density at radius 1 is 0.815 bits per heavy atom. The fourth-order valence-corrected chi connectivity index (χ4v) is 3.44. The first-order chi connectivity index (χ1) is 12.4. The minimum atomic E-state index is -0.948. The summed E-state index contributed by atoms with van der Waals surface area (Å²) in [6, 6.07) is 20.3. The number of hydrogen-bond donors (Lipinski definition) is 0. The molecule has 3 heteroatoms. The van der Waals surface area contributed by atoms with Crippen LogP contribution in [0.2, 0.25) is 0 Å². The van der Waals surface area contributed by atoms with Crippen molar-refractivity contribution >= 4 is 18.2 Å². The van der Waals surface area contributed by atoms with Gasteiger partial charge < -0.3 is 0 Å². The van der Waals surface area contributed by atoms with E-state index in [-0.39, 0.29) is 21.7 Å². The number of allylic oxidation sites excluding steroid dienone is 5. The van der Waals surface area contributed by atoms with E-state index >= 15 is 0 Å². The first-order valence-corrected chi connectivity index (χ1v) is 11.8. The molecule has 138 valence electrons. The van der Waals surface area contributed by atoms with E-state index in [1.807, 2.05) is 36.4 Å². The van der Waals surface area contributed by atoms with Crippen LogP contribution >= 0.6 is 7.05 Å². The van der Waals surface area contributed by atoms with E-state index < -0.39 is 7.05 Å². The van der Waals surface area contributed by atoms with Gasteiger partial charge in [0.2, 0.25) is 0 Å². The topological polar surface area (TPSA) is 12.4 Å². The van der Waals surface area contributed by atoms with Crippen LogP contribution in [0.25, 0.3) is 11.1 Å². The number of nitrogens with zero attached hydrogens (tertiary/aromatic N) is 1. The number of rotatable bonds is 4. The quantitative estimate of drug-likeness (QED) is 0.285. The van der Waals surface area contributed by atoms with Gasteiger partial charge in [-0.15, -0.1) is 0 Å². The molecular weight excluding hydrogens is 381 g/mol. The van der Waals surface area contributed by atoms with Gasteiger partial charge in [0, 0.05) is 33.8 Å². The average Bonchev–Trinajstić information content (AvgIpc) is 3.13. The smallest absolute Gasteiger partial charge is 0.0424 e. The zero-order valence-corrected chi connectivity index (χ0v) is 19.0. The summed E-state index contributed by atoms with van der Waals surface area (Å²) in [7, 11) is -0.948. The van der Waals surface area contributed by atoms with Crippen LogP contribution < -0.4 is 0 Å². The molecule has 0 unspecified atom stereocenters. The predicted octanol–water partition coefficient (Wildman–Crippen LogP) is 7.33. The first kappa shape index (κ1) is 23.4. The number of hydrogen-bond acceptors (Lipinski definition) is 1. The Morgan fingerprint density at radius 2 is 1.26 bits per heavy atom. The molecule has 0 N–H and O–H groups in total. The minimum Gasteiger partial charge on any atom is -0.272 e. The maximum absolute atomic E-state index is 4.62. The summed E-state index contributed by atoms with van der Waals surface area (Å²) in [5.74, 6) is 0. The van der Waals surface area contributed by atoms with Crippen LogP contribution in [-0.2, 0) is 21.7 Å². The zero-order chi connectivity index (χ0) is 19.0. The molecular formula is C24H28NPTi. The zero-order valence-electron chi connectivity index (χ0n) is 16.5. The van der Waals surface area contributed by atoms with E-state index in [1.165, 1.54) is 5.70 Å². The third-order valence-corrected chi connectivity index (χ3v) is 4.65. The van der Waals surface area contributed by atoms with Gasteiger partial charge in [-0.3, -0.25) is 4.74 Å². The molecule has 0 heterocycles. The Balaban J connectivity index is 0.000000288. The second kappa shape index (κ2) is 11.2. The Hall–Kier alpha value is -1.66. The molecule has 0 amide bonds. The Kier molecular flexibility index (Phi) is 9.74. The van der Waals surface area contributed by atoms with Gasteiger partial charge >= 0.3 is 0 Å². The fraction of sp³-hybridized carbons (Fsp3) is 0.167. The van der Waals surface area contributed by atoms with Gasteiger partial charge in [0.1, 0.15) is 0 Å². The molecule has 0 fully saturated rings. The van der Waals surface area contributed by atoms with Gasteiger partial charge in [-0.25, -0.2) is 0 Å². The van der Waals surface area contributed by atoms with Crippen LogP contribution in [0.3, 0.4) is 0 Å². The van der Waals surface area contributed by atoms with Gasteiger partial charge in [0.15, 0.2) is 0 Å². The summed E-state index contributed by atoms with van der Waals surface area (Å²) in [6.45, 7) is 14.9. The van der Waals surface area contributed by atoms with Gasteiger partial charge in [0.25, 0.3) is 0 Å². The maximum atomic E-state index is 4.62. The Labute approximate surface area is 179 Å². The molecule has 0 saturated carbocycles. The second-order valence-electron chi connectivity index (χ2n) is 7.02. The summed E-state index contributed by atoms with van der Waals surface area (Å²) in [5, 5.41) is 0. The predicted molar refractivity (Wildman–Crippen MR) is 120 cm³/mol. The van der Waals surface area contributed by atoms with Gasteiger partial charge in [-0.1, -0.05) is 86.0 Å². The number of benzene rings is 2. The fourth-order valence-electron chi connectivity index (χ4n) is 2.52. The molecule has 0 aliphatic heterocycles. The van der Waals surface area contributed by atoms with E-state index in [1.54, 1.807) is 0 Å². The molecule has 0 aromatic heterocycles. The summed E-state index contributed by atoms with van der Waals surface area (Å²) in [4.78, 5) is 0. The van der Waals surface area contributed by atoms with Crippen LogP contribution in [-0.4, -0.2) is 20.0 Å². The monoisotopic (exact) mass is 409 g/mol. The SMILES string of the molecule is C=C(C(=C)c1ccccc1)c1ccccc1.CP(C)(C)=NC1=CC=CC1.[Ti]. The van der Waals surface area contributed by atoms with E-state index in [0.29, 0.717) is 0 Å². The Bertz CT molecular complexity index is 813. The van der Waals surface area contributed by atoms with Gasteiger partial charge in [-0.2, -0.15) is 0 Å². The van der Waals surface area contributed by atoms with Crippen molar-refractivity contribution in [2.45, 2.75) is 6.42 Å². The van der Waals surface area contributed by atoms with Crippen LogP contribution in [0.1, 0.15) is 17.5 Å². The molecule has 3 rings (SSSR count). The van der Waals surface area contributed by atoms with Crippen molar-refractivity contribution in [3.05, 3.63) is 109 Å². The van der Waals surface area contributed by atoms with Crippen molar-refractivity contribution in [3.8, 4) is 0 Å². The van der Waals surface area contributed by atoms with Crippen molar-refractivity contribution in [1.29, 1.82) is 0 Å². The largest absolute Gasteiger partial charge is 0.272 e. The van der Waals surface area contributed by atoms with Crippen LogP contribution in [0.5, 0.6) is 0 Å². The standard InChI is InChI=1S/C16H14.C8H14NP.Ti/c1-13(15-9-5-3-6-10-15)14(2)16-11-7-4-8-12-16;1-10(2,3)9-8-6-4-5-7-8;/h3-12H,1-2H2;4-6H,7H2,1-3H3;. The molecule has 2 aromatic rings. The normalized spacial score (nSPS) is 12.2. The van der Waals surface area contributed by atoms with E-state index in [0.717, 1.165) is 28.7 Å². The van der Waals surface area contributed by atoms with Crippen molar-refractivity contribution < 1.29 is 21.7 Å². The van der Waals surface area contributed by atoms with E-state index in [9.17, 15) is 0 Å². The molecule has 0 spiro atoms. The summed E-state index contributed by atoms with van der Waals surface area (Å²) in [5.41, 5.74) is 5.45. The van der Waals surface area contributed by atoms with E-state index in [2.05, 4.69) is 80.4 Å². The van der Waals surface area contributed by atoms with Gasteiger partial charge in [-0.05, 0) is 55.4 Å². The van der Waals surface area contributed by atoms with Crippen LogP contribution in [0, 0.1) is 0 Å². The molecule has 27 heavy (non-hydrogen) atoms. The first-order valence-electron chi connectivity index (χ1n) is 8.76. The third kappa shape index (κ3) is 8.27. The van der Waals surface area contributed by atoms with Crippen molar-refractivity contribution in [2.24, 2.45) is 4.74 Å². The average molecular weight is 409 g/mol. The summed E-state index contributed by atoms with van der Waals surface area (Å²) < 4.78 is 4.62. The molecule has 1 aliphatic carbocycles. The molecule has 0 atom stereocenters. The second-order valence-corrected chi connectivity index (χ2v) is 11.1. The summed E-state index contributed by atoms with van der Waals surface area (Å²) in [6.07, 6.45) is 7.37. The molecule has 0 radical (unpaired) electrons. The molecule has 1 nitrogen and oxygen atoms in total. The Morgan fingerprint density at radius 3 is 1.59 bits per heavy atom. The van der Waals surface area contributed by atoms with E-state index in [4.69, 9.17) is 0 Å². The summed E-state index contributed by atoms with van der Waals surface area (Å²) >= 11 is 0. The van der Waals surface area contributed by atoms with Gasteiger partial charge in [0.05, 0.1) is 0 Å².